The molecule has 3 heterocycles. The first kappa shape index (κ1) is 13.2. The molecule has 1 aliphatic heterocycles. The van der Waals surface area contributed by atoms with Gasteiger partial charge < -0.3 is 14.4 Å². The number of likely N-dealkylation sites (N-methyl/N-ethyl adjacent to an activating group) is 1. The lowest BCUT2D eigenvalue weighted by Gasteiger charge is -2.20. The van der Waals surface area contributed by atoms with E-state index in [1.807, 2.05) is 0 Å². The van der Waals surface area contributed by atoms with Crippen LogP contribution in [-0.4, -0.2) is 60.7 Å². The Morgan fingerprint density at radius 2 is 2.35 bits per heavy atom. The fraction of sp³-hybridized carbons (Fsp3) is 0.538. The maximum atomic E-state index is 5.84. The van der Waals surface area contributed by atoms with Crippen molar-refractivity contribution in [1.82, 2.24) is 19.5 Å². The Bertz CT molecular complexity index is 616. The third kappa shape index (κ3) is 2.33. The van der Waals surface area contributed by atoms with Gasteiger partial charge in [0.2, 0.25) is 0 Å². The van der Waals surface area contributed by atoms with Gasteiger partial charge in [-0.05, 0) is 31.9 Å². The molecule has 6 nitrogen and oxygen atoms in total. The number of aromatic nitrogens is 3. The van der Waals surface area contributed by atoms with Crippen molar-refractivity contribution in [3.05, 3.63) is 12.4 Å². The number of nitrogens with zero attached hydrogens (tertiary/aromatic N) is 4. The SMILES string of the molecule is [B]c1cnn2cc(OC)c(OCC3CCCN3C)nc12. The van der Waals surface area contributed by atoms with Gasteiger partial charge in [-0.2, -0.15) is 10.1 Å². The summed E-state index contributed by atoms with van der Waals surface area (Å²) in [4.78, 5) is 6.71. The fourth-order valence-corrected chi connectivity index (χ4v) is 2.51. The van der Waals surface area contributed by atoms with Crippen LogP contribution in [0.15, 0.2) is 12.4 Å². The number of likely N-dealkylation sites (tertiary alicyclic amines) is 1. The number of methoxy groups -OCH3 is 1. The average Bonchev–Trinajstić information content (AvgIpc) is 3.02. The minimum absolute atomic E-state index is 0.431. The Hall–Kier alpha value is -1.76. The van der Waals surface area contributed by atoms with E-state index in [1.54, 1.807) is 24.0 Å². The molecule has 2 aromatic rings. The van der Waals surface area contributed by atoms with Crippen LogP contribution in [0.25, 0.3) is 5.65 Å². The molecule has 104 valence electrons. The summed E-state index contributed by atoms with van der Waals surface area (Å²) in [6, 6.07) is 0.431. The molecule has 0 amide bonds. The van der Waals surface area contributed by atoms with Gasteiger partial charge in [-0.15, -0.1) is 0 Å². The molecule has 3 rings (SSSR count). The topological polar surface area (TPSA) is 51.9 Å². The lowest BCUT2D eigenvalue weighted by Crippen LogP contribution is -2.30. The van der Waals surface area contributed by atoms with Crippen LogP contribution in [0.4, 0.5) is 0 Å². The largest absolute Gasteiger partial charge is 0.490 e. The Balaban J connectivity index is 1.83. The molecule has 0 spiro atoms. The second kappa shape index (κ2) is 5.32. The maximum Gasteiger partial charge on any atom is 0.260 e. The predicted molar refractivity (Wildman–Crippen MR) is 76.1 cm³/mol. The molecule has 2 aromatic heterocycles. The van der Waals surface area contributed by atoms with Crippen molar-refractivity contribution < 1.29 is 9.47 Å². The molecule has 0 aliphatic carbocycles. The Labute approximate surface area is 119 Å². The van der Waals surface area contributed by atoms with Gasteiger partial charge in [0.1, 0.15) is 14.5 Å². The van der Waals surface area contributed by atoms with Crippen molar-refractivity contribution in [3.8, 4) is 11.6 Å². The van der Waals surface area contributed by atoms with E-state index in [1.165, 1.54) is 6.42 Å². The predicted octanol–water partition coefficient (Wildman–Crippen LogP) is 0.00470. The van der Waals surface area contributed by atoms with Crippen LogP contribution in [-0.2, 0) is 0 Å². The summed E-state index contributed by atoms with van der Waals surface area (Å²) in [5.41, 5.74) is 1.11. The summed E-state index contributed by atoms with van der Waals surface area (Å²) in [5.74, 6) is 1.02. The monoisotopic (exact) mass is 272 g/mol. The first-order valence-corrected chi connectivity index (χ1v) is 6.70. The van der Waals surface area contributed by atoms with Crippen LogP contribution in [0.3, 0.4) is 0 Å². The minimum atomic E-state index is 0.431. The molecular weight excluding hydrogens is 255 g/mol. The van der Waals surface area contributed by atoms with Gasteiger partial charge in [0, 0.05) is 12.2 Å². The zero-order chi connectivity index (χ0) is 14.1. The van der Waals surface area contributed by atoms with Crippen LogP contribution < -0.4 is 14.9 Å². The highest BCUT2D eigenvalue weighted by molar-refractivity contribution is 6.36. The zero-order valence-electron chi connectivity index (χ0n) is 11.7. The van der Waals surface area contributed by atoms with E-state index in [9.17, 15) is 0 Å². The van der Waals surface area contributed by atoms with Crippen molar-refractivity contribution in [2.45, 2.75) is 18.9 Å². The van der Waals surface area contributed by atoms with E-state index in [0.717, 1.165) is 13.0 Å². The molecule has 0 saturated carbocycles. The van der Waals surface area contributed by atoms with E-state index in [-0.39, 0.29) is 0 Å². The molecule has 1 aliphatic rings. The van der Waals surface area contributed by atoms with Gasteiger partial charge in [0.15, 0.2) is 11.4 Å². The van der Waals surface area contributed by atoms with E-state index in [2.05, 4.69) is 22.0 Å². The second-order valence-corrected chi connectivity index (χ2v) is 5.07. The number of fused-ring (bicyclic) bond motifs is 1. The highest BCUT2D eigenvalue weighted by atomic mass is 16.5. The van der Waals surface area contributed by atoms with E-state index >= 15 is 0 Å². The highest BCUT2D eigenvalue weighted by Gasteiger charge is 2.22. The van der Waals surface area contributed by atoms with Gasteiger partial charge in [0.25, 0.3) is 5.88 Å². The van der Waals surface area contributed by atoms with Crippen LogP contribution in [0.2, 0.25) is 0 Å². The van der Waals surface area contributed by atoms with E-state index in [0.29, 0.717) is 35.4 Å². The smallest absolute Gasteiger partial charge is 0.260 e. The Morgan fingerprint density at radius 3 is 3.05 bits per heavy atom. The zero-order valence-corrected chi connectivity index (χ0v) is 11.7. The van der Waals surface area contributed by atoms with Gasteiger partial charge in [-0.25, -0.2) is 4.52 Å². The van der Waals surface area contributed by atoms with Gasteiger partial charge in [0.05, 0.1) is 13.3 Å². The second-order valence-electron chi connectivity index (χ2n) is 5.07. The first-order chi connectivity index (χ1) is 9.69. The quantitative estimate of drug-likeness (QED) is 0.734. The normalized spacial score (nSPS) is 19.6. The third-order valence-electron chi connectivity index (χ3n) is 3.76. The standard InChI is InChI=1S/C13H17BN4O2/c1-17-5-3-4-9(17)8-20-13-11(19-2)7-18-12(16-13)10(14)6-15-18/h6-7,9H,3-5,8H2,1-2H3. The van der Waals surface area contributed by atoms with E-state index < -0.39 is 0 Å². The van der Waals surface area contributed by atoms with Crippen molar-refractivity contribution in [1.29, 1.82) is 0 Å². The number of hydrogen-bond donors (Lipinski definition) is 0. The highest BCUT2D eigenvalue weighted by Crippen LogP contribution is 2.25. The molecule has 0 aromatic carbocycles. The van der Waals surface area contributed by atoms with Crippen molar-refractivity contribution in [2.75, 3.05) is 27.3 Å². The molecule has 1 fully saturated rings. The molecule has 1 saturated heterocycles. The van der Waals surface area contributed by atoms with Gasteiger partial charge >= 0.3 is 0 Å². The maximum absolute atomic E-state index is 5.84. The first-order valence-electron chi connectivity index (χ1n) is 6.70. The summed E-state index contributed by atoms with van der Waals surface area (Å²) in [7, 11) is 9.53. The van der Waals surface area contributed by atoms with Crippen LogP contribution in [0.5, 0.6) is 11.6 Å². The van der Waals surface area contributed by atoms with Crippen LogP contribution in [0.1, 0.15) is 12.8 Å². The summed E-state index contributed by atoms with van der Waals surface area (Å²) in [6.07, 6.45) is 5.66. The Morgan fingerprint density at radius 1 is 1.50 bits per heavy atom. The number of rotatable bonds is 4. The summed E-state index contributed by atoms with van der Waals surface area (Å²) in [6.45, 7) is 1.72. The molecule has 1 atom stereocenters. The third-order valence-corrected chi connectivity index (χ3v) is 3.76. The molecule has 1 unspecified atom stereocenters. The summed E-state index contributed by atoms with van der Waals surface area (Å²) in [5, 5.41) is 4.10. The molecular formula is C13H17BN4O2. The summed E-state index contributed by atoms with van der Waals surface area (Å²) < 4.78 is 12.7. The van der Waals surface area contributed by atoms with Crippen LogP contribution in [0, 0.1) is 0 Å². The fourth-order valence-electron chi connectivity index (χ4n) is 2.51. The van der Waals surface area contributed by atoms with E-state index in [4.69, 9.17) is 17.3 Å². The molecule has 0 N–H and O–H groups in total. The minimum Gasteiger partial charge on any atom is -0.490 e. The van der Waals surface area contributed by atoms with Crippen molar-refractivity contribution in [2.24, 2.45) is 0 Å². The number of ether oxygens (including phenoxy) is 2. The van der Waals surface area contributed by atoms with Gasteiger partial charge in [-0.1, -0.05) is 0 Å². The molecule has 2 radical (unpaired) electrons. The summed E-state index contributed by atoms with van der Waals surface area (Å²) >= 11 is 0. The lowest BCUT2D eigenvalue weighted by atomic mass is 10.0. The molecule has 0 bridgehead atoms. The van der Waals surface area contributed by atoms with Crippen LogP contribution >= 0.6 is 0 Å². The van der Waals surface area contributed by atoms with Crippen molar-refractivity contribution >= 4 is 19.0 Å². The molecule has 20 heavy (non-hydrogen) atoms. The number of hydrogen-bond acceptors (Lipinski definition) is 5. The lowest BCUT2D eigenvalue weighted by molar-refractivity contribution is 0.187. The average molecular weight is 272 g/mol. The Kier molecular flexibility index (Phi) is 3.52. The van der Waals surface area contributed by atoms with Crippen molar-refractivity contribution in [3.63, 3.8) is 0 Å². The van der Waals surface area contributed by atoms with Gasteiger partial charge in [-0.3, -0.25) is 0 Å². The molecule has 7 heteroatoms.